The molecular formula is C26H23BrClN3O2. The summed E-state index contributed by atoms with van der Waals surface area (Å²) in [5.41, 5.74) is 4.76. The summed E-state index contributed by atoms with van der Waals surface area (Å²) in [5, 5.41) is 8.31. The number of hydrogen-bond acceptors (Lipinski definition) is 3. The summed E-state index contributed by atoms with van der Waals surface area (Å²) in [6, 6.07) is 22.8. The van der Waals surface area contributed by atoms with Crippen LogP contribution in [0.5, 0.6) is 5.75 Å². The first-order chi connectivity index (χ1) is 15.9. The van der Waals surface area contributed by atoms with E-state index in [0.29, 0.717) is 29.4 Å². The number of anilines is 1. The molecule has 168 valence electrons. The van der Waals surface area contributed by atoms with Gasteiger partial charge in [0.15, 0.2) is 0 Å². The molecule has 0 fully saturated rings. The molecule has 1 heterocycles. The van der Waals surface area contributed by atoms with Crippen molar-refractivity contribution in [1.82, 2.24) is 9.78 Å². The van der Waals surface area contributed by atoms with Gasteiger partial charge in [0, 0.05) is 10.6 Å². The second-order valence-corrected chi connectivity index (χ2v) is 8.93. The van der Waals surface area contributed by atoms with Crippen molar-refractivity contribution in [3.63, 3.8) is 0 Å². The topological polar surface area (TPSA) is 56.2 Å². The number of amides is 1. The second kappa shape index (κ2) is 10.2. The van der Waals surface area contributed by atoms with Crippen LogP contribution in [0.3, 0.4) is 0 Å². The molecule has 4 aromatic rings. The number of aryl methyl sites for hydroxylation is 1. The third-order valence-electron chi connectivity index (χ3n) is 5.32. The molecule has 5 nitrogen and oxygen atoms in total. The van der Waals surface area contributed by atoms with Gasteiger partial charge in [-0.05, 0) is 71.2 Å². The fourth-order valence-corrected chi connectivity index (χ4v) is 4.13. The van der Waals surface area contributed by atoms with Gasteiger partial charge in [-0.2, -0.15) is 5.10 Å². The number of nitrogens with zero attached hydrogens (tertiary/aromatic N) is 2. The minimum Gasteiger partial charge on any atom is -0.488 e. The Morgan fingerprint density at radius 3 is 2.61 bits per heavy atom. The van der Waals surface area contributed by atoms with Crippen molar-refractivity contribution in [2.75, 3.05) is 5.32 Å². The zero-order valence-corrected chi connectivity index (χ0v) is 20.7. The van der Waals surface area contributed by atoms with E-state index in [0.717, 1.165) is 32.7 Å². The lowest BCUT2D eigenvalue weighted by atomic mass is 10.1. The first-order valence-corrected chi connectivity index (χ1v) is 11.6. The Bertz CT molecular complexity index is 1300. The molecule has 3 aromatic carbocycles. The molecule has 0 unspecified atom stereocenters. The highest BCUT2D eigenvalue weighted by molar-refractivity contribution is 9.10. The number of aromatic nitrogens is 2. The molecule has 0 radical (unpaired) electrons. The van der Waals surface area contributed by atoms with Crippen LogP contribution in [0, 0.1) is 13.8 Å². The maximum Gasteiger partial charge on any atom is 0.255 e. The summed E-state index contributed by atoms with van der Waals surface area (Å²) in [7, 11) is 0. The summed E-state index contributed by atoms with van der Waals surface area (Å²) in [5.74, 6) is 0.561. The average Bonchev–Trinajstić information content (AvgIpc) is 3.07. The van der Waals surface area contributed by atoms with Crippen molar-refractivity contribution in [3.05, 3.63) is 110 Å². The number of carbonyl (C=O) groups excluding carboxylic acids is 1. The zero-order chi connectivity index (χ0) is 23.4. The lowest BCUT2D eigenvalue weighted by molar-refractivity contribution is 0.102. The van der Waals surface area contributed by atoms with E-state index in [4.69, 9.17) is 16.3 Å². The van der Waals surface area contributed by atoms with Gasteiger partial charge in [-0.1, -0.05) is 54.1 Å². The number of nitrogens with one attached hydrogen (secondary N) is 1. The molecule has 33 heavy (non-hydrogen) atoms. The minimum atomic E-state index is -0.193. The van der Waals surface area contributed by atoms with Crippen molar-refractivity contribution in [2.45, 2.75) is 27.0 Å². The van der Waals surface area contributed by atoms with E-state index >= 15 is 0 Å². The van der Waals surface area contributed by atoms with Crippen LogP contribution in [0.4, 0.5) is 5.69 Å². The molecule has 1 amide bonds. The SMILES string of the molecule is Cc1nn(Cc2ccccc2Cl)c(C)c1NC(=O)c1cccc(COc2ccccc2Br)c1. The third kappa shape index (κ3) is 5.46. The highest BCUT2D eigenvalue weighted by Gasteiger charge is 2.16. The summed E-state index contributed by atoms with van der Waals surface area (Å²) in [6.45, 7) is 4.71. The smallest absolute Gasteiger partial charge is 0.255 e. The van der Waals surface area contributed by atoms with E-state index in [-0.39, 0.29) is 5.91 Å². The number of para-hydroxylation sites is 1. The van der Waals surface area contributed by atoms with Crippen molar-refractivity contribution in [1.29, 1.82) is 0 Å². The van der Waals surface area contributed by atoms with Crippen LogP contribution in [-0.2, 0) is 13.2 Å². The molecule has 1 aromatic heterocycles. The van der Waals surface area contributed by atoms with Crippen molar-refractivity contribution < 1.29 is 9.53 Å². The van der Waals surface area contributed by atoms with E-state index in [1.54, 1.807) is 6.07 Å². The molecule has 0 atom stereocenters. The van der Waals surface area contributed by atoms with Gasteiger partial charge < -0.3 is 10.1 Å². The summed E-state index contributed by atoms with van der Waals surface area (Å²) < 4.78 is 8.62. The maximum absolute atomic E-state index is 13.0. The molecular weight excluding hydrogens is 502 g/mol. The average molecular weight is 525 g/mol. The fourth-order valence-electron chi connectivity index (χ4n) is 3.53. The van der Waals surface area contributed by atoms with Crippen LogP contribution in [0.2, 0.25) is 5.02 Å². The molecule has 0 aliphatic heterocycles. The van der Waals surface area contributed by atoms with Gasteiger partial charge in [0.1, 0.15) is 12.4 Å². The summed E-state index contributed by atoms with van der Waals surface area (Å²) >= 11 is 9.78. The second-order valence-electron chi connectivity index (χ2n) is 7.67. The first kappa shape index (κ1) is 23.1. The van der Waals surface area contributed by atoms with Crippen LogP contribution >= 0.6 is 27.5 Å². The zero-order valence-electron chi connectivity index (χ0n) is 18.3. The molecule has 0 saturated heterocycles. The Morgan fingerprint density at radius 2 is 1.82 bits per heavy atom. The number of hydrogen-bond donors (Lipinski definition) is 1. The molecule has 0 bridgehead atoms. The van der Waals surface area contributed by atoms with Gasteiger partial charge in [0.05, 0.1) is 28.1 Å². The van der Waals surface area contributed by atoms with Crippen LogP contribution in [0.15, 0.2) is 77.3 Å². The van der Waals surface area contributed by atoms with E-state index in [1.165, 1.54) is 0 Å². The number of halogens is 2. The Kier molecular flexibility index (Phi) is 7.16. The Morgan fingerprint density at radius 1 is 1.06 bits per heavy atom. The van der Waals surface area contributed by atoms with E-state index < -0.39 is 0 Å². The third-order valence-corrected chi connectivity index (χ3v) is 6.34. The van der Waals surface area contributed by atoms with Crippen LogP contribution in [-0.4, -0.2) is 15.7 Å². The number of carbonyl (C=O) groups is 1. The van der Waals surface area contributed by atoms with Crippen LogP contribution < -0.4 is 10.1 Å². The Hall–Kier alpha value is -3.09. The number of ether oxygens (including phenoxy) is 1. The fraction of sp³-hybridized carbons (Fsp3) is 0.154. The van der Waals surface area contributed by atoms with Gasteiger partial charge >= 0.3 is 0 Å². The minimum absolute atomic E-state index is 0.193. The quantitative estimate of drug-likeness (QED) is 0.289. The lowest BCUT2D eigenvalue weighted by Crippen LogP contribution is -2.14. The van der Waals surface area contributed by atoms with Crippen molar-refractivity contribution >= 4 is 39.1 Å². The normalized spacial score (nSPS) is 10.8. The Labute approximate surface area is 206 Å². The van der Waals surface area contributed by atoms with E-state index in [9.17, 15) is 4.79 Å². The van der Waals surface area contributed by atoms with E-state index in [2.05, 4.69) is 26.3 Å². The van der Waals surface area contributed by atoms with Crippen LogP contribution in [0.1, 0.15) is 32.9 Å². The van der Waals surface area contributed by atoms with Gasteiger partial charge in [-0.15, -0.1) is 0 Å². The molecule has 1 N–H and O–H groups in total. The number of benzene rings is 3. The highest BCUT2D eigenvalue weighted by atomic mass is 79.9. The first-order valence-electron chi connectivity index (χ1n) is 10.5. The van der Waals surface area contributed by atoms with Gasteiger partial charge in [0.2, 0.25) is 0 Å². The molecule has 0 aliphatic carbocycles. The standard InChI is InChI=1S/C26H23BrClN3O2/c1-17-25(18(2)31(30-17)15-21-9-3-5-12-23(21)28)29-26(32)20-10-7-8-19(14-20)16-33-24-13-6-4-11-22(24)27/h3-14H,15-16H2,1-2H3,(H,29,32). The van der Waals surface area contributed by atoms with Crippen LogP contribution in [0.25, 0.3) is 0 Å². The van der Waals surface area contributed by atoms with Gasteiger partial charge in [0.25, 0.3) is 5.91 Å². The lowest BCUT2D eigenvalue weighted by Gasteiger charge is -2.10. The predicted octanol–water partition coefficient (Wildman–Crippen LogP) is 6.80. The summed E-state index contributed by atoms with van der Waals surface area (Å²) in [6.07, 6.45) is 0. The molecule has 0 spiro atoms. The predicted molar refractivity (Wildman–Crippen MR) is 135 cm³/mol. The Balaban J connectivity index is 1.47. The van der Waals surface area contributed by atoms with Gasteiger partial charge in [-0.25, -0.2) is 0 Å². The van der Waals surface area contributed by atoms with Crippen molar-refractivity contribution in [3.8, 4) is 5.75 Å². The molecule has 0 aliphatic rings. The van der Waals surface area contributed by atoms with Gasteiger partial charge in [-0.3, -0.25) is 9.48 Å². The highest BCUT2D eigenvalue weighted by Crippen LogP contribution is 2.26. The number of rotatable bonds is 7. The maximum atomic E-state index is 13.0. The molecule has 0 saturated carbocycles. The monoisotopic (exact) mass is 523 g/mol. The molecule has 7 heteroatoms. The largest absolute Gasteiger partial charge is 0.488 e. The summed E-state index contributed by atoms with van der Waals surface area (Å²) in [4.78, 5) is 13.0. The van der Waals surface area contributed by atoms with E-state index in [1.807, 2.05) is 85.3 Å². The van der Waals surface area contributed by atoms with Crippen molar-refractivity contribution in [2.24, 2.45) is 0 Å². The molecule has 4 rings (SSSR count).